The summed E-state index contributed by atoms with van der Waals surface area (Å²) in [6, 6.07) is 15.7. The van der Waals surface area contributed by atoms with Crippen molar-refractivity contribution >= 4 is 5.91 Å². The Morgan fingerprint density at radius 2 is 1.80 bits per heavy atom. The lowest BCUT2D eigenvalue weighted by molar-refractivity contribution is 0.0938. The molecule has 0 fully saturated rings. The fourth-order valence-corrected chi connectivity index (χ4v) is 2.62. The van der Waals surface area contributed by atoms with Crippen LogP contribution in [0.3, 0.4) is 0 Å². The Kier molecular flexibility index (Phi) is 6.83. The number of rotatable bonds is 8. The number of benzene rings is 2. The van der Waals surface area contributed by atoms with Crippen molar-refractivity contribution in [3.63, 3.8) is 0 Å². The van der Waals surface area contributed by atoms with Crippen LogP contribution in [0.5, 0.6) is 11.5 Å². The summed E-state index contributed by atoms with van der Waals surface area (Å²) in [5.74, 6) is 1.00. The SMILES string of the molecule is COc1ccc(C(=O)NCC(Cc2ccccc2)N(C)C)c(OC)c1. The number of hydrogen-bond donors (Lipinski definition) is 1. The van der Waals surface area contributed by atoms with E-state index in [9.17, 15) is 4.79 Å². The highest BCUT2D eigenvalue weighted by atomic mass is 16.5. The van der Waals surface area contributed by atoms with Crippen molar-refractivity contribution in [2.75, 3.05) is 34.9 Å². The van der Waals surface area contributed by atoms with Gasteiger partial charge in [0, 0.05) is 18.7 Å². The Morgan fingerprint density at radius 3 is 2.40 bits per heavy atom. The molecule has 2 aromatic rings. The van der Waals surface area contributed by atoms with Gasteiger partial charge in [-0.25, -0.2) is 0 Å². The van der Waals surface area contributed by atoms with Gasteiger partial charge in [-0.2, -0.15) is 0 Å². The lowest BCUT2D eigenvalue weighted by Gasteiger charge is -2.25. The highest BCUT2D eigenvalue weighted by Crippen LogP contribution is 2.24. The largest absolute Gasteiger partial charge is 0.497 e. The van der Waals surface area contributed by atoms with Crippen molar-refractivity contribution in [2.24, 2.45) is 0 Å². The predicted molar refractivity (Wildman–Crippen MR) is 99.5 cm³/mol. The topological polar surface area (TPSA) is 50.8 Å². The molecule has 2 rings (SSSR count). The van der Waals surface area contributed by atoms with Crippen molar-refractivity contribution in [1.82, 2.24) is 10.2 Å². The monoisotopic (exact) mass is 342 g/mol. The maximum atomic E-state index is 12.6. The summed E-state index contributed by atoms with van der Waals surface area (Å²) >= 11 is 0. The van der Waals surface area contributed by atoms with E-state index < -0.39 is 0 Å². The highest BCUT2D eigenvalue weighted by molar-refractivity contribution is 5.97. The van der Waals surface area contributed by atoms with Crippen molar-refractivity contribution < 1.29 is 14.3 Å². The van der Waals surface area contributed by atoms with Gasteiger partial charge in [-0.05, 0) is 38.2 Å². The zero-order valence-corrected chi connectivity index (χ0v) is 15.3. The van der Waals surface area contributed by atoms with Crippen LogP contribution in [-0.4, -0.2) is 51.7 Å². The molecule has 0 aromatic heterocycles. The number of carbonyl (C=O) groups excluding carboxylic acids is 1. The zero-order chi connectivity index (χ0) is 18.2. The summed E-state index contributed by atoms with van der Waals surface area (Å²) in [5.41, 5.74) is 1.75. The molecule has 134 valence electrons. The van der Waals surface area contributed by atoms with Gasteiger partial charge in [0.25, 0.3) is 5.91 Å². The first kappa shape index (κ1) is 18.8. The summed E-state index contributed by atoms with van der Waals surface area (Å²) in [4.78, 5) is 14.7. The standard InChI is InChI=1S/C20H26N2O3/c1-22(2)16(12-15-8-6-5-7-9-15)14-21-20(23)18-11-10-17(24-3)13-19(18)25-4/h5-11,13,16H,12,14H2,1-4H3,(H,21,23). The van der Waals surface area contributed by atoms with E-state index in [4.69, 9.17) is 9.47 Å². The Labute approximate surface area is 149 Å². The Bertz CT molecular complexity index is 687. The first-order chi connectivity index (χ1) is 12.0. The summed E-state index contributed by atoms with van der Waals surface area (Å²) in [6.45, 7) is 0.551. The average Bonchev–Trinajstić information content (AvgIpc) is 2.64. The van der Waals surface area contributed by atoms with Gasteiger partial charge in [-0.3, -0.25) is 4.79 Å². The second-order valence-electron chi connectivity index (χ2n) is 6.08. The second-order valence-corrected chi connectivity index (χ2v) is 6.08. The first-order valence-corrected chi connectivity index (χ1v) is 8.25. The fraction of sp³-hybridized carbons (Fsp3) is 0.350. The van der Waals surface area contributed by atoms with E-state index >= 15 is 0 Å². The van der Waals surface area contributed by atoms with Gasteiger partial charge in [0.1, 0.15) is 11.5 Å². The molecular weight excluding hydrogens is 316 g/mol. The van der Waals surface area contributed by atoms with Gasteiger partial charge in [0.15, 0.2) is 0 Å². The molecule has 0 saturated carbocycles. The van der Waals surface area contributed by atoms with Gasteiger partial charge < -0.3 is 19.7 Å². The molecule has 0 saturated heterocycles. The fourth-order valence-electron chi connectivity index (χ4n) is 2.62. The third-order valence-electron chi connectivity index (χ3n) is 4.20. The van der Waals surface area contributed by atoms with Crippen LogP contribution in [0.25, 0.3) is 0 Å². The predicted octanol–water partition coefficient (Wildman–Crippen LogP) is 2.61. The molecule has 5 heteroatoms. The van der Waals surface area contributed by atoms with Crippen LogP contribution < -0.4 is 14.8 Å². The molecule has 1 unspecified atom stereocenters. The molecule has 0 aliphatic carbocycles. The van der Waals surface area contributed by atoms with Crippen LogP contribution in [-0.2, 0) is 6.42 Å². The molecule has 1 amide bonds. The van der Waals surface area contributed by atoms with E-state index in [2.05, 4.69) is 22.3 Å². The normalized spacial score (nSPS) is 11.9. The smallest absolute Gasteiger partial charge is 0.255 e. The molecule has 25 heavy (non-hydrogen) atoms. The number of ether oxygens (including phenoxy) is 2. The van der Waals surface area contributed by atoms with E-state index in [1.807, 2.05) is 32.3 Å². The maximum absolute atomic E-state index is 12.6. The van der Waals surface area contributed by atoms with Crippen molar-refractivity contribution in [3.05, 3.63) is 59.7 Å². The summed E-state index contributed by atoms with van der Waals surface area (Å²) in [5, 5.41) is 3.01. The molecule has 0 radical (unpaired) electrons. The van der Waals surface area contributed by atoms with Crippen LogP contribution in [0, 0.1) is 0 Å². The van der Waals surface area contributed by atoms with E-state index in [0.717, 1.165) is 6.42 Å². The summed E-state index contributed by atoms with van der Waals surface area (Å²) in [7, 11) is 7.17. The van der Waals surface area contributed by atoms with E-state index in [0.29, 0.717) is 23.6 Å². The molecular formula is C20H26N2O3. The number of likely N-dealkylation sites (N-methyl/N-ethyl adjacent to an activating group) is 1. The van der Waals surface area contributed by atoms with E-state index in [-0.39, 0.29) is 11.9 Å². The van der Waals surface area contributed by atoms with Crippen molar-refractivity contribution in [3.8, 4) is 11.5 Å². The minimum Gasteiger partial charge on any atom is -0.497 e. The average molecular weight is 342 g/mol. The third-order valence-corrected chi connectivity index (χ3v) is 4.20. The Balaban J connectivity index is 2.04. The second kappa shape index (κ2) is 9.08. The summed E-state index contributed by atoms with van der Waals surface area (Å²) in [6.07, 6.45) is 0.869. The number of nitrogens with zero attached hydrogens (tertiary/aromatic N) is 1. The number of hydrogen-bond acceptors (Lipinski definition) is 4. The third kappa shape index (κ3) is 5.22. The van der Waals surface area contributed by atoms with Crippen LogP contribution in [0.15, 0.2) is 48.5 Å². The van der Waals surface area contributed by atoms with E-state index in [1.54, 1.807) is 32.4 Å². The molecule has 0 aliphatic rings. The number of methoxy groups -OCH3 is 2. The molecule has 2 aromatic carbocycles. The minimum atomic E-state index is -0.153. The highest BCUT2D eigenvalue weighted by Gasteiger charge is 2.17. The number of nitrogens with one attached hydrogen (secondary N) is 1. The Morgan fingerprint density at radius 1 is 1.08 bits per heavy atom. The van der Waals surface area contributed by atoms with Gasteiger partial charge >= 0.3 is 0 Å². The van der Waals surface area contributed by atoms with Crippen molar-refractivity contribution in [2.45, 2.75) is 12.5 Å². The molecule has 1 atom stereocenters. The van der Waals surface area contributed by atoms with Crippen LogP contribution >= 0.6 is 0 Å². The molecule has 0 aliphatic heterocycles. The number of carbonyl (C=O) groups is 1. The summed E-state index contributed by atoms with van der Waals surface area (Å²) < 4.78 is 10.5. The lowest BCUT2D eigenvalue weighted by Crippen LogP contribution is -2.41. The molecule has 0 bridgehead atoms. The first-order valence-electron chi connectivity index (χ1n) is 8.25. The quantitative estimate of drug-likeness (QED) is 0.801. The molecule has 5 nitrogen and oxygen atoms in total. The van der Waals surface area contributed by atoms with Gasteiger partial charge in [-0.15, -0.1) is 0 Å². The van der Waals surface area contributed by atoms with Crippen LogP contribution in [0.2, 0.25) is 0 Å². The maximum Gasteiger partial charge on any atom is 0.255 e. The molecule has 1 N–H and O–H groups in total. The van der Waals surface area contributed by atoms with E-state index in [1.165, 1.54) is 5.56 Å². The van der Waals surface area contributed by atoms with Gasteiger partial charge in [-0.1, -0.05) is 30.3 Å². The van der Waals surface area contributed by atoms with Gasteiger partial charge in [0.05, 0.1) is 19.8 Å². The minimum absolute atomic E-state index is 0.153. The Hall–Kier alpha value is -2.53. The molecule has 0 heterocycles. The molecule has 0 spiro atoms. The number of amides is 1. The van der Waals surface area contributed by atoms with Crippen molar-refractivity contribution in [1.29, 1.82) is 0 Å². The zero-order valence-electron chi connectivity index (χ0n) is 15.3. The lowest BCUT2D eigenvalue weighted by atomic mass is 10.0. The van der Waals surface area contributed by atoms with Crippen LogP contribution in [0.4, 0.5) is 0 Å². The van der Waals surface area contributed by atoms with Gasteiger partial charge in [0.2, 0.25) is 0 Å². The van der Waals surface area contributed by atoms with Crippen LogP contribution in [0.1, 0.15) is 15.9 Å².